The molecule has 100 valence electrons. The molecular weight excluding hydrogens is 279 g/mol. The maximum Gasteiger partial charge on any atom is 0.0621 e. The number of benzene rings is 2. The van der Waals surface area contributed by atoms with Crippen molar-refractivity contribution >= 4 is 23.2 Å². The molecule has 0 heterocycles. The van der Waals surface area contributed by atoms with Gasteiger partial charge in [-0.1, -0.05) is 53.0 Å². The standard InChI is InChI=1S/C16H16Cl2O/c1-11-2-4-12(5-3-11)8-15(19)10-13-9-14(17)6-7-16(13)18/h2-7,9,15,19H,8,10H2,1H3. The molecule has 0 spiro atoms. The second-order valence-electron chi connectivity index (χ2n) is 4.78. The Bertz CT molecular complexity index is 549. The fraction of sp³-hybridized carbons (Fsp3) is 0.250. The third-order valence-corrected chi connectivity index (χ3v) is 3.66. The molecule has 19 heavy (non-hydrogen) atoms. The minimum absolute atomic E-state index is 0.460. The van der Waals surface area contributed by atoms with Crippen LogP contribution in [0.3, 0.4) is 0 Å². The molecule has 3 heteroatoms. The van der Waals surface area contributed by atoms with Gasteiger partial charge in [0, 0.05) is 16.5 Å². The fourth-order valence-corrected chi connectivity index (χ4v) is 2.41. The monoisotopic (exact) mass is 294 g/mol. The van der Waals surface area contributed by atoms with Crippen LogP contribution in [0.2, 0.25) is 10.0 Å². The number of rotatable bonds is 4. The van der Waals surface area contributed by atoms with E-state index in [-0.39, 0.29) is 0 Å². The summed E-state index contributed by atoms with van der Waals surface area (Å²) in [7, 11) is 0. The third kappa shape index (κ3) is 4.24. The molecule has 0 radical (unpaired) electrons. The van der Waals surface area contributed by atoms with E-state index in [2.05, 4.69) is 12.1 Å². The van der Waals surface area contributed by atoms with Crippen molar-refractivity contribution in [2.24, 2.45) is 0 Å². The zero-order valence-corrected chi connectivity index (χ0v) is 12.2. The normalized spacial score (nSPS) is 12.4. The van der Waals surface area contributed by atoms with Crippen LogP contribution in [0.15, 0.2) is 42.5 Å². The van der Waals surface area contributed by atoms with Gasteiger partial charge in [-0.3, -0.25) is 0 Å². The van der Waals surface area contributed by atoms with Gasteiger partial charge in [-0.05, 0) is 42.7 Å². The summed E-state index contributed by atoms with van der Waals surface area (Å²) in [6.45, 7) is 2.05. The molecule has 1 atom stereocenters. The van der Waals surface area contributed by atoms with Crippen LogP contribution >= 0.6 is 23.2 Å². The van der Waals surface area contributed by atoms with Crippen LogP contribution in [-0.2, 0) is 12.8 Å². The lowest BCUT2D eigenvalue weighted by atomic mass is 10.0. The number of halogens is 2. The minimum Gasteiger partial charge on any atom is -0.392 e. The van der Waals surface area contributed by atoms with Gasteiger partial charge in [0.15, 0.2) is 0 Å². The number of aliphatic hydroxyl groups excluding tert-OH is 1. The molecular formula is C16H16Cl2O. The van der Waals surface area contributed by atoms with Gasteiger partial charge in [0.2, 0.25) is 0 Å². The van der Waals surface area contributed by atoms with E-state index in [4.69, 9.17) is 23.2 Å². The van der Waals surface area contributed by atoms with E-state index in [1.807, 2.05) is 25.1 Å². The van der Waals surface area contributed by atoms with Crippen LogP contribution in [0.4, 0.5) is 0 Å². The van der Waals surface area contributed by atoms with Crippen molar-refractivity contribution in [3.8, 4) is 0 Å². The van der Waals surface area contributed by atoms with Gasteiger partial charge in [-0.2, -0.15) is 0 Å². The lowest BCUT2D eigenvalue weighted by Gasteiger charge is -2.12. The molecule has 0 aliphatic heterocycles. The Morgan fingerprint density at radius 1 is 1.00 bits per heavy atom. The van der Waals surface area contributed by atoms with Crippen molar-refractivity contribution in [1.29, 1.82) is 0 Å². The number of hydrogen-bond donors (Lipinski definition) is 1. The summed E-state index contributed by atoms with van der Waals surface area (Å²) in [5.41, 5.74) is 3.22. The Labute approximate surface area is 123 Å². The predicted octanol–water partition coefficient (Wildman–Crippen LogP) is 4.45. The summed E-state index contributed by atoms with van der Waals surface area (Å²) < 4.78 is 0. The molecule has 0 saturated heterocycles. The third-order valence-electron chi connectivity index (χ3n) is 3.06. The van der Waals surface area contributed by atoms with Crippen molar-refractivity contribution in [2.45, 2.75) is 25.9 Å². The fourth-order valence-electron chi connectivity index (χ4n) is 2.02. The zero-order chi connectivity index (χ0) is 13.8. The van der Waals surface area contributed by atoms with E-state index in [1.54, 1.807) is 12.1 Å². The Morgan fingerprint density at radius 3 is 2.37 bits per heavy atom. The first-order valence-electron chi connectivity index (χ1n) is 6.22. The summed E-state index contributed by atoms with van der Waals surface area (Å²) in [5, 5.41) is 11.4. The van der Waals surface area contributed by atoms with Gasteiger partial charge >= 0.3 is 0 Å². The molecule has 0 aromatic heterocycles. The minimum atomic E-state index is -0.460. The predicted molar refractivity (Wildman–Crippen MR) is 81.1 cm³/mol. The van der Waals surface area contributed by atoms with Gasteiger partial charge in [0.1, 0.15) is 0 Å². The number of aryl methyl sites for hydroxylation is 1. The molecule has 0 aliphatic carbocycles. The molecule has 1 N–H and O–H groups in total. The van der Waals surface area contributed by atoms with E-state index in [9.17, 15) is 5.11 Å². The van der Waals surface area contributed by atoms with E-state index < -0.39 is 6.10 Å². The number of hydrogen-bond acceptors (Lipinski definition) is 1. The summed E-state index contributed by atoms with van der Waals surface area (Å²) in [5.74, 6) is 0. The lowest BCUT2D eigenvalue weighted by molar-refractivity contribution is 0.175. The van der Waals surface area contributed by atoms with Gasteiger partial charge in [-0.25, -0.2) is 0 Å². The van der Waals surface area contributed by atoms with Gasteiger partial charge in [0.05, 0.1) is 6.10 Å². The molecule has 1 unspecified atom stereocenters. The van der Waals surface area contributed by atoms with E-state index in [0.717, 1.165) is 11.1 Å². The molecule has 0 fully saturated rings. The zero-order valence-electron chi connectivity index (χ0n) is 10.7. The smallest absolute Gasteiger partial charge is 0.0621 e. The first-order chi connectivity index (χ1) is 9.04. The Hall–Kier alpha value is -1.02. The van der Waals surface area contributed by atoms with E-state index >= 15 is 0 Å². The highest BCUT2D eigenvalue weighted by Gasteiger charge is 2.10. The molecule has 2 aromatic rings. The highest BCUT2D eigenvalue weighted by Crippen LogP contribution is 2.22. The molecule has 0 amide bonds. The second kappa shape index (κ2) is 6.42. The quantitative estimate of drug-likeness (QED) is 0.883. The summed E-state index contributed by atoms with van der Waals surface area (Å²) in [6.07, 6.45) is 0.662. The van der Waals surface area contributed by atoms with Crippen LogP contribution < -0.4 is 0 Å². The summed E-state index contributed by atoms with van der Waals surface area (Å²) in [4.78, 5) is 0. The van der Waals surface area contributed by atoms with E-state index in [1.165, 1.54) is 5.56 Å². The van der Waals surface area contributed by atoms with Gasteiger partial charge in [0.25, 0.3) is 0 Å². The Kier molecular flexibility index (Phi) is 4.87. The largest absolute Gasteiger partial charge is 0.392 e. The first kappa shape index (κ1) is 14.4. The average Bonchev–Trinajstić information content (AvgIpc) is 2.37. The van der Waals surface area contributed by atoms with Crippen molar-refractivity contribution in [1.82, 2.24) is 0 Å². The maximum atomic E-state index is 10.1. The Balaban J connectivity index is 2.02. The molecule has 0 saturated carbocycles. The van der Waals surface area contributed by atoms with Crippen molar-refractivity contribution in [2.75, 3.05) is 0 Å². The van der Waals surface area contributed by atoms with Gasteiger partial charge < -0.3 is 5.11 Å². The molecule has 0 aliphatic rings. The Morgan fingerprint density at radius 2 is 1.68 bits per heavy atom. The molecule has 1 nitrogen and oxygen atoms in total. The summed E-state index contributed by atoms with van der Waals surface area (Å²) in [6, 6.07) is 13.5. The average molecular weight is 295 g/mol. The molecule has 2 rings (SSSR count). The van der Waals surface area contributed by atoms with Crippen molar-refractivity contribution < 1.29 is 5.11 Å². The highest BCUT2D eigenvalue weighted by molar-refractivity contribution is 6.33. The molecule has 0 bridgehead atoms. The van der Waals surface area contributed by atoms with Crippen molar-refractivity contribution in [3.63, 3.8) is 0 Å². The highest BCUT2D eigenvalue weighted by atomic mass is 35.5. The van der Waals surface area contributed by atoms with Crippen LogP contribution in [0.5, 0.6) is 0 Å². The topological polar surface area (TPSA) is 20.2 Å². The van der Waals surface area contributed by atoms with Crippen LogP contribution in [0.25, 0.3) is 0 Å². The second-order valence-corrected chi connectivity index (χ2v) is 5.63. The number of aliphatic hydroxyl groups is 1. The SMILES string of the molecule is Cc1ccc(CC(O)Cc2cc(Cl)ccc2Cl)cc1. The van der Waals surface area contributed by atoms with Crippen LogP contribution in [-0.4, -0.2) is 11.2 Å². The van der Waals surface area contributed by atoms with Crippen LogP contribution in [0, 0.1) is 6.92 Å². The maximum absolute atomic E-state index is 10.1. The van der Waals surface area contributed by atoms with E-state index in [0.29, 0.717) is 22.9 Å². The first-order valence-corrected chi connectivity index (χ1v) is 6.98. The van der Waals surface area contributed by atoms with Crippen molar-refractivity contribution in [3.05, 3.63) is 69.2 Å². The summed E-state index contributed by atoms with van der Waals surface area (Å²) >= 11 is 12.0. The van der Waals surface area contributed by atoms with Crippen LogP contribution in [0.1, 0.15) is 16.7 Å². The van der Waals surface area contributed by atoms with Gasteiger partial charge in [-0.15, -0.1) is 0 Å². The lowest BCUT2D eigenvalue weighted by Crippen LogP contribution is -2.14. The molecule has 2 aromatic carbocycles.